The molecule has 1 saturated heterocycles. The summed E-state index contributed by atoms with van der Waals surface area (Å²) >= 11 is 5.48. The molecule has 0 aromatic heterocycles. The molecule has 18 heavy (non-hydrogen) atoms. The number of ether oxygens (including phenoxy) is 2. The average Bonchev–Trinajstić information content (AvgIpc) is 2.27. The lowest BCUT2D eigenvalue weighted by atomic mass is 10.1. The fourth-order valence-corrected chi connectivity index (χ4v) is 1.81. The normalized spacial score (nSPS) is 20.7. The summed E-state index contributed by atoms with van der Waals surface area (Å²) in [5.74, 6) is -0.140. The molecule has 1 amide bonds. The van der Waals surface area contributed by atoms with Crippen molar-refractivity contribution in [3.05, 3.63) is 0 Å². The van der Waals surface area contributed by atoms with Crippen LogP contribution in [0.3, 0.4) is 0 Å². The molecular weight excluding hydrogens is 258 g/mol. The molecule has 0 aromatic carbocycles. The molecule has 1 atom stereocenters. The standard InChI is InChI=1S/C12H20ClNO4/c1-12(2,3)18-11(16)14-4-5-17-8-9(14)6-10(15)7-13/h9H,4-8H2,1-3H3. The summed E-state index contributed by atoms with van der Waals surface area (Å²) in [6.45, 7) is 6.68. The lowest BCUT2D eigenvalue weighted by Gasteiger charge is -2.36. The van der Waals surface area contributed by atoms with E-state index in [0.29, 0.717) is 19.8 Å². The Morgan fingerprint density at radius 1 is 1.44 bits per heavy atom. The van der Waals surface area contributed by atoms with Crippen molar-refractivity contribution in [3.63, 3.8) is 0 Å². The SMILES string of the molecule is CC(C)(C)OC(=O)N1CCOCC1CC(=O)CCl. The van der Waals surface area contributed by atoms with Crippen molar-refractivity contribution in [2.24, 2.45) is 0 Å². The number of nitrogens with zero attached hydrogens (tertiary/aromatic N) is 1. The van der Waals surface area contributed by atoms with Gasteiger partial charge in [0.25, 0.3) is 0 Å². The monoisotopic (exact) mass is 277 g/mol. The van der Waals surface area contributed by atoms with E-state index in [1.54, 1.807) is 4.90 Å². The first kappa shape index (κ1) is 15.2. The van der Waals surface area contributed by atoms with Crippen LogP contribution in [0.25, 0.3) is 0 Å². The third kappa shape index (κ3) is 4.82. The van der Waals surface area contributed by atoms with Gasteiger partial charge in [-0.3, -0.25) is 4.79 Å². The lowest BCUT2D eigenvalue weighted by molar-refractivity contribution is -0.119. The van der Waals surface area contributed by atoms with E-state index in [4.69, 9.17) is 21.1 Å². The van der Waals surface area contributed by atoms with Gasteiger partial charge in [0.1, 0.15) is 11.4 Å². The van der Waals surface area contributed by atoms with Crippen LogP contribution >= 0.6 is 11.6 Å². The van der Waals surface area contributed by atoms with E-state index >= 15 is 0 Å². The van der Waals surface area contributed by atoms with Crippen molar-refractivity contribution in [1.29, 1.82) is 0 Å². The second kappa shape index (κ2) is 6.38. The summed E-state index contributed by atoms with van der Waals surface area (Å²) in [5, 5.41) is 0. The van der Waals surface area contributed by atoms with Gasteiger partial charge in [-0.25, -0.2) is 4.79 Å². The number of halogens is 1. The van der Waals surface area contributed by atoms with Gasteiger partial charge in [0.2, 0.25) is 0 Å². The minimum absolute atomic E-state index is 0.0430. The molecule has 1 unspecified atom stereocenters. The van der Waals surface area contributed by atoms with Crippen molar-refractivity contribution in [2.75, 3.05) is 25.6 Å². The van der Waals surface area contributed by atoms with Crippen LogP contribution in [0.5, 0.6) is 0 Å². The zero-order valence-electron chi connectivity index (χ0n) is 11.1. The summed E-state index contributed by atoms with van der Waals surface area (Å²) in [7, 11) is 0. The van der Waals surface area contributed by atoms with E-state index in [1.165, 1.54) is 0 Å². The Bertz CT molecular complexity index is 314. The molecule has 1 aliphatic rings. The van der Waals surface area contributed by atoms with Gasteiger partial charge in [-0.05, 0) is 20.8 Å². The summed E-state index contributed by atoms with van der Waals surface area (Å²) in [5.41, 5.74) is -0.545. The van der Waals surface area contributed by atoms with Gasteiger partial charge >= 0.3 is 6.09 Å². The smallest absolute Gasteiger partial charge is 0.410 e. The number of hydrogen-bond acceptors (Lipinski definition) is 4. The molecule has 1 heterocycles. The quantitative estimate of drug-likeness (QED) is 0.739. The maximum atomic E-state index is 12.0. The van der Waals surface area contributed by atoms with Crippen LogP contribution in [0.2, 0.25) is 0 Å². The minimum Gasteiger partial charge on any atom is -0.444 e. The molecule has 6 heteroatoms. The molecule has 104 valence electrons. The zero-order chi connectivity index (χ0) is 13.8. The maximum absolute atomic E-state index is 12.0. The van der Waals surface area contributed by atoms with Crippen LogP contribution < -0.4 is 0 Å². The highest BCUT2D eigenvalue weighted by atomic mass is 35.5. The largest absolute Gasteiger partial charge is 0.444 e. The topological polar surface area (TPSA) is 55.8 Å². The lowest BCUT2D eigenvalue weighted by Crippen LogP contribution is -2.51. The fraction of sp³-hybridized carbons (Fsp3) is 0.833. The van der Waals surface area contributed by atoms with Gasteiger partial charge in [0.05, 0.1) is 25.1 Å². The molecular formula is C12H20ClNO4. The average molecular weight is 278 g/mol. The van der Waals surface area contributed by atoms with Crippen molar-refractivity contribution in [2.45, 2.75) is 38.8 Å². The molecule has 1 fully saturated rings. The van der Waals surface area contributed by atoms with E-state index in [1.807, 2.05) is 20.8 Å². The molecule has 0 saturated carbocycles. The Kier molecular flexibility index (Phi) is 5.41. The second-order valence-electron chi connectivity index (χ2n) is 5.28. The summed E-state index contributed by atoms with van der Waals surface area (Å²) < 4.78 is 10.6. The first-order valence-electron chi connectivity index (χ1n) is 5.98. The maximum Gasteiger partial charge on any atom is 0.410 e. The molecule has 0 bridgehead atoms. The molecule has 1 rings (SSSR count). The fourth-order valence-electron chi connectivity index (χ4n) is 1.70. The number of ketones is 1. The van der Waals surface area contributed by atoms with E-state index in [2.05, 4.69) is 0 Å². The Balaban J connectivity index is 2.64. The van der Waals surface area contributed by atoms with Gasteiger partial charge in [-0.15, -0.1) is 11.6 Å². The van der Waals surface area contributed by atoms with Crippen molar-refractivity contribution < 1.29 is 19.1 Å². The number of carbonyl (C=O) groups excluding carboxylic acids is 2. The van der Waals surface area contributed by atoms with Crippen molar-refractivity contribution in [1.82, 2.24) is 4.90 Å². The molecule has 0 aromatic rings. The van der Waals surface area contributed by atoms with E-state index in [9.17, 15) is 9.59 Å². The van der Waals surface area contributed by atoms with Gasteiger partial charge in [0, 0.05) is 13.0 Å². The van der Waals surface area contributed by atoms with Crippen LogP contribution in [0.1, 0.15) is 27.2 Å². The van der Waals surface area contributed by atoms with Crippen LogP contribution in [-0.4, -0.2) is 54.1 Å². The van der Waals surface area contributed by atoms with Crippen LogP contribution in [-0.2, 0) is 14.3 Å². The predicted octanol–water partition coefficient (Wildman–Crippen LogP) is 1.82. The van der Waals surface area contributed by atoms with Crippen LogP contribution in [0, 0.1) is 0 Å². The van der Waals surface area contributed by atoms with E-state index in [0.717, 1.165) is 0 Å². The first-order valence-corrected chi connectivity index (χ1v) is 6.52. The van der Waals surface area contributed by atoms with E-state index in [-0.39, 0.29) is 24.1 Å². The van der Waals surface area contributed by atoms with Crippen molar-refractivity contribution >= 4 is 23.5 Å². The Labute approximate surface area is 112 Å². The van der Waals surface area contributed by atoms with Gasteiger partial charge in [-0.2, -0.15) is 0 Å². The molecule has 0 radical (unpaired) electrons. The van der Waals surface area contributed by atoms with Gasteiger partial charge < -0.3 is 14.4 Å². The van der Waals surface area contributed by atoms with E-state index < -0.39 is 11.7 Å². The highest BCUT2D eigenvalue weighted by Gasteiger charge is 2.31. The number of Topliss-reactive ketones (excluding diaryl/α,β-unsaturated/α-hetero) is 1. The first-order chi connectivity index (χ1) is 8.33. The molecule has 0 aliphatic carbocycles. The minimum atomic E-state index is -0.545. The summed E-state index contributed by atoms with van der Waals surface area (Å²) in [4.78, 5) is 24.9. The third-order valence-electron chi connectivity index (χ3n) is 2.47. The molecule has 0 spiro atoms. The van der Waals surface area contributed by atoms with Crippen LogP contribution in [0.15, 0.2) is 0 Å². The molecule has 0 N–H and O–H groups in total. The number of amides is 1. The predicted molar refractivity (Wildman–Crippen MR) is 67.9 cm³/mol. The number of carbonyl (C=O) groups is 2. The Morgan fingerprint density at radius 3 is 2.67 bits per heavy atom. The highest BCUT2D eigenvalue weighted by molar-refractivity contribution is 6.27. The number of hydrogen-bond donors (Lipinski definition) is 0. The summed E-state index contributed by atoms with van der Waals surface area (Å²) in [6.07, 6.45) is -0.193. The number of morpholine rings is 1. The van der Waals surface area contributed by atoms with Crippen LogP contribution in [0.4, 0.5) is 4.79 Å². The third-order valence-corrected chi connectivity index (χ3v) is 2.77. The molecule has 1 aliphatic heterocycles. The van der Waals surface area contributed by atoms with Crippen molar-refractivity contribution in [3.8, 4) is 0 Å². The molecule has 5 nitrogen and oxygen atoms in total. The van der Waals surface area contributed by atoms with Gasteiger partial charge in [0.15, 0.2) is 0 Å². The van der Waals surface area contributed by atoms with Gasteiger partial charge in [-0.1, -0.05) is 0 Å². The second-order valence-corrected chi connectivity index (χ2v) is 5.55. The highest BCUT2D eigenvalue weighted by Crippen LogP contribution is 2.16. The Hall–Kier alpha value is -0.810. The zero-order valence-corrected chi connectivity index (χ0v) is 11.8. The number of alkyl halides is 1. The Morgan fingerprint density at radius 2 is 2.11 bits per heavy atom. The summed E-state index contributed by atoms with van der Waals surface area (Å²) in [6, 6.07) is -0.278. The number of rotatable bonds is 3.